The van der Waals surface area contributed by atoms with Gasteiger partial charge in [-0.05, 0) is 20.3 Å². The second-order valence-electron chi connectivity index (χ2n) is 5.16. The van der Waals surface area contributed by atoms with E-state index in [0.717, 1.165) is 13.0 Å². The molecular formula is C12H20N4O2S. The summed E-state index contributed by atoms with van der Waals surface area (Å²) in [5, 5.41) is 12.3. The minimum Gasteiger partial charge on any atom is -0.377 e. The van der Waals surface area contributed by atoms with Crippen LogP contribution in [0.25, 0.3) is 0 Å². The van der Waals surface area contributed by atoms with Crippen LogP contribution in [0.3, 0.4) is 0 Å². The van der Waals surface area contributed by atoms with Crippen molar-refractivity contribution in [3.63, 3.8) is 0 Å². The van der Waals surface area contributed by atoms with E-state index in [4.69, 9.17) is 4.74 Å². The molecule has 2 heterocycles. The van der Waals surface area contributed by atoms with E-state index in [1.807, 2.05) is 18.7 Å². The Morgan fingerprint density at radius 1 is 1.53 bits per heavy atom. The molecular weight excluding hydrogens is 264 g/mol. The Bertz CT molecular complexity index is 447. The highest BCUT2D eigenvalue weighted by molar-refractivity contribution is 7.17. The first-order valence-electron chi connectivity index (χ1n) is 6.51. The standard InChI is InChI=1S/C12H20N4O2S/c1-4-5-13-11-15-14-9(19-11)10(17)16-6-7-18-8-12(16,2)3/h4-8H2,1-3H3,(H,13,15). The molecule has 1 saturated heterocycles. The number of carbonyl (C=O) groups excluding carboxylic acids is 1. The fraction of sp³-hybridized carbons (Fsp3) is 0.750. The topological polar surface area (TPSA) is 67.4 Å². The van der Waals surface area contributed by atoms with E-state index in [0.29, 0.717) is 29.9 Å². The molecule has 1 amide bonds. The molecule has 1 aliphatic heterocycles. The first kappa shape index (κ1) is 14.2. The predicted octanol–water partition coefficient (Wildman–Crippen LogP) is 1.61. The molecule has 0 saturated carbocycles. The van der Waals surface area contributed by atoms with Crippen molar-refractivity contribution in [1.29, 1.82) is 0 Å². The van der Waals surface area contributed by atoms with Gasteiger partial charge < -0.3 is 15.0 Å². The molecule has 0 aromatic carbocycles. The lowest BCUT2D eigenvalue weighted by Gasteiger charge is -2.41. The molecule has 0 radical (unpaired) electrons. The highest BCUT2D eigenvalue weighted by atomic mass is 32.1. The maximum atomic E-state index is 12.5. The Morgan fingerprint density at radius 2 is 2.32 bits per heavy atom. The van der Waals surface area contributed by atoms with Gasteiger partial charge in [0.1, 0.15) is 0 Å². The fourth-order valence-electron chi connectivity index (χ4n) is 1.96. The quantitative estimate of drug-likeness (QED) is 0.910. The predicted molar refractivity (Wildman–Crippen MR) is 74.6 cm³/mol. The Morgan fingerprint density at radius 3 is 3.00 bits per heavy atom. The summed E-state index contributed by atoms with van der Waals surface area (Å²) >= 11 is 1.31. The van der Waals surface area contributed by atoms with Crippen LogP contribution in [-0.4, -0.2) is 52.8 Å². The lowest BCUT2D eigenvalue weighted by Crippen LogP contribution is -2.55. The summed E-state index contributed by atoms with van der Waals surface area (Å²) in [7, 11) is 0. The lowest BCUT2D eigenvalue weighted by molar-refractivity contribution is -0.0371. The maximum Gasteiger partial charge on any atom is 0.285 e. The van der Waals surface area contributed by atoms with Gasteiger partial charge in [-0.15, -0.1) is 10.2 Å². The van der Waals surface area contributed by atoms with Gasteiger partial charge in [0, 0.05) is 13.1 Å². The van der Waals surface area contributed by atoms with Crippen LogP contribution in [0.5, 0.6) is 0 Å². The number of morpholine rings is 1. The minimum atomic E-state index is -0.294. The number of amides is 1. The minimum absolute atomic E-state index is 0.0599. The molecule has 7 heteroatoms. The fourth-order valence-corrected chi connectivity index (χ4v) is 2.68. The van der Waals surface area contributed by atoms with E-state index in [1.54, 1.807) is 0 Å². The summed E-state index contributed by atoms with van der Waals surface area (Å²) in [5.41, 5.74) is -0.294. The molecule has 1 fully saturated rings. The van der Waals surface area contributed by atoms with Crippen LogP contribution in [0.2, 0.25) is 0 Å². The third-order valence-electron chi connectivity index (χ3n) is 3.02. The molecule has 19 heavy (non-hydrogen) atoms. The van der Waals surface area contributed by atoms with E-state index in [1.165, 1.54) is 11.3 Å². The zero-order chi connectivity index (χ0) is 13.9. The summed E-state index contributed by atoms with van der Waals surface area (Å²) in [4.78, 5) is 14.3. The molecule has 1 aromatic heterocycles. The second kappa shape index (κ2) is 5.83. The molecule has 6 nitrogen and oxygen atoms in total. The second-order valence-corrected chi connectivity index (χ2v) is 6.14. The first-order chi connectivity index (χ1) is 9.04. The number of hydrogen-bond donors (Lipinski definition) is 1. The van der Waals surface area contributed by atoms with Crippen molar-refractivity contribution in [2.75, 3.05) is 31.6 Å². The van der Waals surface area contributed by atoms with Crippen molar-refractivity contribution >= 4 is 22.4 Å². The van der Waals surface area contributed by atoms with Crippen molar-refractivity contribution in [3.8, 4) is 0 Å². The van der Waals surface area contributed by atoms with Gasteiger partial charge in [0.25, 0.3) is 5.91 Å². The number of anilines is 1. The van der Waals surface area contributed by atoms with Gasteiger partial charge >= 0.3 is 0 Å². The molecule has 1 aliphatic rings. The molecule has 1 aromatic rings. The van der Waals surface area contributed by atoms with Gasteiger partial charge in [-0.25, -0.2) is 0 Å². The summed E-state index contributed by atoms with van der Waals surface area (Å²) in [6, 6.07) is 0. The Balaban J connectivity index is 2.08. The van der Waals surface area contributed by atoms with Crippen molar-refractivity contribution in [3.05, 3.63) is 5.01 Å². The van der Waals surface area contributed by atoms with Crippen molar-refractivity contribution in [2.24, 2.45) is 0 Å². The van der Waals surface area contributed by atoms with E-state index in [-0.39, 0.29) is 11.4 Å². The molecule has 1 N–H and O–H groups in total. The Labute approximate surface area is 117 Å². The van der Waals surface area contributed by atoms with Gasteiger partial charge in [0.05, 0.1) is 18.8 Å². The lowest BCUT2D eigenvalue weighted by atomic mass is 10.0. The van der Waals surface area contributed by atoms with Crippen molar-refractivity contribution in [2.45, 2.75) is 32.7 Å². The molecule has 106 valence electrons. The number of nitrogens with one attached hydrogen (secondary N) is 1. The number of aromatic nitrogens is 2. The molecule has 0 bridgehead atoms. The third-order valence-corrected chi connectivity index (χ3v) is 3.89. The zero-order valence-electron chi connectivity index (χ0n) is 11.6. The number of nitrogens with zero attached hydrogens (tertiary/aromatic N) is 3. The molecule has 2 rings (SSSR count). The van der Waals surface area contributed by atoms with Crippen LogP contribution in [0.4, 0.5) is 5.13 Å². The monoisotopic (exact) mass is 284 g/mol. The molecule has 0 unspecified atom stereocenters. The molecule has 0 atom stereocenters. The SMILES string of the molecule is CCCNc1nnc(C(=O)N2CCOCC2(C)C)s1. The molecule has 0 aliphatic carbocycles. The largest absolute Gasteiger partial charge is 0.377 e. The van der Waals surface area contributed by atoms with Crippen LogP contribution in [-0.2, 0) is 4.74 Å². The van der Waals surface area contributed by atoms with E-state index < -0.39 is 0 Å². The average Bonchev–Trinajstić information content (AvgIpc) is 2.84. The third kappa shape index (κ3) is 3.22. The number of hydrogen-bond acceptors (Lipinski definition) is 6. The average molecular weight is 284 g/mol. The Kier molecular flexibility index (Phi) is 4.36. The van der Waals surface area contributed by atoms with Crippen LogP contribution >= 0.6 is 11.3 Å². The highest BCUT2D eigenvalue weighted by Gasteiger charge is 2.35. The highest BCUT2D eigenvalue weighted by Crippen LogP contribution is 2.24. The number of ether oxygens (including phenoxy) is 1. The summed E-state index contributed by atoms with van der Waals surface area (Å²) in [6.07, 6.45) is 1.01. The van der Waals surface area contributed by atoms with Gasteiger partial charge in [0.15, 0.2) is 0 Å². The van der Waals surface area contributed by atoms with Gasteiger partial charge in [-0.3, -0.25) is 4.79 Å². The molecule has 0 spiro atoms. The smallest absolute Gasteiger partial charge is 0.285 e. The number of carbonyl (C=O) groups is 1. The first-order valence-corrected chi connectivity index (χ1v) is 7.33. The number of rotatable bonds is 4. The summed E-state index contributed by atoms with van der Waals surface area (Å²) in [6.45, 7) is 8.65. The summed E-state index contributed by atoms with van der Waals surface area (Å²) in [5.74, 6) is -0.0599. The normalized spacial score (nSPS) is 18.4. The van der Waals surface area contributed by atoms with Gasteiger partial charge in [0.2, 0.25) is 10.1 Å². The van der Waals surface area contributed by atoms with Gasteiger partial charge in [-0.1, -0.05) is 18.3 Å². The van der Waals surface area contributed by atoms with Crippen LogP contribution in [0, 0.1) is 0 Å². The van der Waals surface area contributed by atoms with Crippen LogP contribution < -0.4 is 5.32 Å². The summed E-state index contributed by atoms with van der Waals surface area (Å²) < 4.78 is 5.42. The van der Waals surface area contributed by atoms with Crippen molar-refractivity contribution in [1.82, 2.24) is 15.1 Å². The maximum absolute atomic E-state index is 12.5. The van der Waals surface area contributed by atoms with E-state index in [9.17, 15) is 4.79 Å². The van der Waals surface area contributed by atoms with Crippen LogP contribution in [0.1, 0.15) is 37.0 Å². The van der Waals surface area contributed by atoms with Crippen molar-refractivity contribution < 1.29 is 9.53 Å². The van der Waals surface area contributed by atoms with Gasteiger partial charge in [-0.2, -0.15) is 0 Å². The van der Waals surface area contributed by atoms with Crippen LogP contribution in [0.15, 0.2) is 0 Å². The van der Waals surface area contributed by atoms with E-state index in [2.05, 4.69) is 22.4 Å². The van der Waals surface area contributed by atoms with E-state index >= 15 is 0 Å². The Hall–Kier alpha value is -1.21. The zero-order valence-corrected chi connectivity index (χ0v) is 12.4.